The monoisotopic (exact) mass is 317 g/mol. The minimum Gasteiger partial charge on any atom is -0.324 e. The van der Waals surface area contributed by atoms with Crippen LogP contribution in [0.1, 0.15) is 17.7 Å². The van der Waals surface area contributed by atoms with Gasteiger partial charge in [-0.05, 0) is 30.9 Å². The van der Waals surface area contributed by atoms with Gasteiger partial charge in [0.2, 0.25) is 5.91 Å². The number of nitrogens with one attached hydrogen (secondary N) is 1. The summed E-state index contributed by atoms with van der Waals surface area (Å²) in [7, 11) is 0. The standard InChI is InChI=1S/C17H19NOS2/c1-13(14-8-4-3-5-9-14)21-12-17(19)18-15-10-6-7-11-16(15)20-2/h3-11,13H,12H2,1-2H3,(H,18,19)/t13-/m0/s1. The number of benzene rings is 2. The summed E-state index contributed by atoms with van der Waals surface area (Å²) >= 11 is 3.29. The molecule has 0 aliphatic rings. The van der Waals surface area contributed by atoms with Crippen LogP contribution >= 0.6 is 23.5 Å². The Hall–Kier alpha value is -1.39. The second kappa shape index (κ2) is 8.15. The highest BCUT2D eigenvalue weighted by molar-refractivity contribution is 8.00. The molecule has 0 fully saturated rings. The van der Waals surface area contributed by atoms with E-state index in [0.717, 1.165) is 10.6 Å². The number of carbonyl (C=O) groups excluding carboxylic acids is 1. The molecule has 2 nitrogen and oxygen atoms in total. The number of carbonyl (C=O) groups is 1. The zero-order chi connectivity index (χ0) is 15.1. The van der Waals surface area contributed by atoms with Crippen LogP contribution in [0.15, 0.2) is 59.5 Å². The van der Waals surface area contributed by atoms with E-state index in [1.807, 2.05) is 48.7 Å². The van der Waals surface area contributed by atoms with Crippen molar-refractivity contribution in [3.8, 4) is 0 Å². The number of amides is 1. The molecule has 2 aromatic rings. The van der Waals surface area contributed by atoms with Gasteiger partial charge in [0, 0.05) is 10.1 Å². The number of thioether (sulfide) groups is 2. The molecule has 0 unspecified atom stereocenters. The van der Waals surface area contributed by atoms with Crippen LogP contribution in [0.4, 0.5) is 5.69 Å². The molecule has 0 spiro atoms. The van der Waals surface area contributed by atoms with Crippen molar-refractivity contribution in [3.63, 3.8) is 0 Å². The average Bonchev–Trinajstić information content (AvgIpc) is 2.54. The molecule has 110 valence electrons. The van der Waals surface area contributed by atoms with E-state index in [1.54, 1.807) is 23.5 Å². The number of para-hydroxylation sites is 1. The summed E-state index contributed by atoms with van der Waals surface area (Å²) in [5.41, 5.74) is 2.14. The molecule has 2 rings (SSSR count). The van der Waals surface area contributed by atoms with Crippen LogP contribution in [0, 0.1) is 0 Å². The Morgan fingerprint density at radius 2 is 1.76 bits per heavy atom. The van der Waals surface area contributed by atoms with Crippen LogP contribution in [0.3, 0.4) is 0 Å². The summed E-state index contributed by atoms with van der Waals surface area (Å²) in [5, 5.41) is 3.30. The average molecular weight is 317 g/mol. The lowest BCUT2D eigenvalue weighted by Gasteiger charge is -2.12. The van der Waals surface area contributed by atoms with Crippen molar-refractivity contribution in [1.29, 1.82) is 0 Å². The molecule has 1 atom stereocenters. The quantitative estimate of drug-likeness (QED) is 0.773. The second-order valence-electron chi connectivity index (χ2n) is 4.61. The molecular formula is C17H19NOS2. The Labute approximate surface area is 134 Å². The summed E-state index contributed by atoms with van der Waals surface area (Å²) in [6, 6.07) is 18.1. The van der Waals surface area contributed by atoms with E-state index in [2.05, 4.69) is 24.4 Å². The Kier molecular flexibility index (Phi) is 6.21. The van der Waals surface area contributed by atoms with Gasteiger partial charge in [0.1, 0.15) is 0 Å². The molecule has 0 aliphatic heterocycles. The summed E-state index contributed by atoms with van der Waals surface area (Å²) < 4.78 is 0. The first-order chi connectivity index (χ1) is 10.2. The highest BCUT2D eigenvalue weighted by atomic mass is 32.2. The van der Waals surface area contributed by atoms with Gasteiger partial charge in [-0.1, -0.05) is 42.5 Å². The van der Waals surface area contributed by atoms with Crippen LogP contribution in [-0.2, 0) is 4.79 Å². The van der Waals surface area contributed by atoms with Crippen molar-refractivity contribution >= 4 is 35.1 Å². The van der Waals surface area contributed by atoms with E-state index in [-0.39, 0.29) is 5.91 Å². The lowest BCUT2D eigenvalue weighted by Crippen LogP contribution is -2.15. The Morgan fingerprint density at radius 1 is 1.10 bits per heavy atom. The Bertz CT molecular complexity index is 586. The lowest BCUT2D eigenvalue weighted by atomic mass is 10.2. The molecule has 0 aromatic heterocycles. The first-order valence-corrected chi connectivity index (χ1v) is 9.07. The number of hydrogen-bond acceptors (Lipinski definition) is 3. The molecule has 1 N–H and O–H groups in total. The fraction of sp³-hybridized carbons (Fsp3) is 0.235. The van der Waals surface area contributed by atoms with Crippen LogP contribution in [0.2, 0.25) is 0 Å². The first-order valence-electron chi connectivity index (χ1n) is 6.80. The van der Waals surface area contributed by atoms with Crippen molar-refractivity contribution in [2.24, 2.45) is 0 Å². The van der Waals surface area contributed by atoms with Gasteiger partial charge in [-0.25, -0.2) is 0 Å². The summed E-state index contributed by atoms with van der Waals surface area (Å²) in [6.07, 6.45) is 2.01. The van der Waals surface area contributed by atoms with Gasteiger partial charge < -0.3 is 5.32 Å². The number of anilines is 1. The number of rotatable bonds is 6. The summed E-state index contributed by atoms with van der Waals surface area (Å²) in [5.74, 6) is 0.503. The maximum atomic E-state index is 12.1. The zero-order valence-corrected chi connectivity index (χ0v) is 13.8. The fourth-order valence-electron chi connectivity index (χ4n) is 1.96. The van der Waals surface area contributed by atoms with Gasteiger partial charge in [-0.15, -0.1) is 23.5 Å². The van der Waals surface area contributed by atoms with Crippen LogP contribution in [0.5, 0.6) is 0 Å². The van der Waals surface area contributed by atoms with Crippen molar-refractivity contribution < 1.29 is 4.79 Å². The molecule has 0 aliphatic carbocycles. The fourth-order valence-corrected chi connectivity index (χ4v) is 3.33. The molecule has 21 heavy (non-hydrogen) atoms. The highest BCUT2D eigenvalue weighted by Crippen LogP contribution is 2.29. The van der Waals surface area contributed by atoms with Gasteiger partial charge >= 0.3 is 0 Å². The second-order valence-corrected chi connectivity index (χ2v) is 6.79. The van der Waals surface area contributed by atoms with E-state index >= 15 is 0 Å². The third-order valence-corrected chi connectivity index (χ3v) is 5.11. The minimum atomic E-state index is 0.0456. The SMILES string of the molecule is CSc1ccccc1NC(=O)CS[C@@H](C)c1ccccc1. The van der Waals surface area contributed by atoms with Crippen molar-refractivity contribution in [3.05, 3.63) is 60.2 Å². The van der Waals surface area contributed by atoms with E-state index in [1.165, 1.54) is 5.56 Å². The predicted molar refractivity (Wildman–Crippen MR) is 94.2 cm³/mol. The summed E-state index contributed by atoms with van der Waals surface area (Å²) in [4.78, 5) is 13.2. The molecule has 0 heterocycles. The largest absolute Gasteiger partial charge is 0.324 e. The molecule has 1 amide bonds. The topological polar surface area (TPSA) is 29.1 Å². The van der Waals surface area contributed by atoms with Crippen molar-refractivity contribution in [2.75, 3.05) is 17.3 Å². The normalized spacial score (nSPS) is 11.9. The predicted octanol–water partition coefficient (Wildman–Crippen LogP) is 4.84. The third kappa shape index (κ3) is 4.83. The first kappa shape index (κ1) is 16.0. The molecule has 0 saturated heterocycles. The van der Waals surface area contributed by atoms with Crippen LogP contribution in [0.25, 0.3) is 0 Å². The van der Waals surface area contributed by atoms with Gasteiger partial charge in [0.05, 0.1) is 11.4 Å². The van der Waals surface area contributed by atoms with Gasteiger partial charge in [-0.3, -0.25) is 4.79 Å². The smallest absolute Gasteiger partial charge is 0.234 e. The van der Waals surface area contributed by atoms with E-state index < -0.39 is 0 Å². The Morgan fingerprint density at radius 3 is 2.48 bits per heavy atom. The van der Waals surface area contributed by atoms with Crippen LogP contribution < -0.4 is 5.32 Å². The third-order valence-electron chi connectivity index (χ3n) is 3.11. The van der Waals surface area contributed by atoms with Gasteiger partial charge in [0.25, 0.3) is 0 Å². The number of hydrogen-bond donors (Lipinski definition) is 1. The maximum Gasteiger partial charge on any atom is 0.234 e. The summed E-state index contributed by atoms with van der Waals surface area (Å²) in [6.45, 7) is 2.13. The molecule has 2 aromatic carbocycles. The molecule has 0 radical (unpaired) electrons. The minimum absolute atomic E-state index is 0.0456. The van der Waals surface area contributed by atoms with E-state index in [9.17, 15) is 4.79 Å². The van der Waals surface area contributed by atoms with Crippen LogP contribution in [-0.4, -0.2) is 17.9 Å². The van der Waals surface area contributed by atoms with E-state index in [4.69, 9.17) is 0 Å². The zero-order valence-electron chi connectivity index (χ0n) is 12.2. The van der Waals surface area contributed by atoms with Crippen molar-refractivity contribution in [1.82, 2.24) is 0 Å². The molecule has 4 heteroatoms. The van der Waals surface area contributed by atoms with Crippen molar-refractivity contribution in [2.45, 2.75) is 17.1 Å². The highest BCUT2D eigenvalue weighted by Gasteiger charge is 2.10. The molecular weight excluding hydrogens is 298 g/mol. The molecule has 0 bridgehead atoms. The molecule has 0 saturated carbocycles. The van der Waals surface area contributed by atoms with Gasteiger partial charge in [-0.2, -0.15) is 0 Å². The lowest BCUT2D eigenvalue weighted by molar-refractivity contribution is -0.113. The maximum absolute atomic E-state index is 12.1. The van der Waals surface area contributed by atoms with Gasteiger partial charge in [0.15, 0.2) is 0 Å². The Balaban J connectivity index is 1.88. The van der Waals surface area contributed by atoms with E-state index in [0.29, 0.717) is 11.0 Å².